The van der Waals surface area contributed by atoms with E-state index in [0.29, 0.717) is 5.92 Å². The van der Waals surface area contributed by atoms with Gasteiger partial charge in [-0.2, -0.15) is 0 Å². The zero-order valence-electron chi connectivity index (χ0n) is 11.9. The van der Waals surface area contributed by atoms with Gasteiger partial charge in [0, 0.05) is 18.1 Å². The van der Waals surface area contributed by atoms with E-state index in [9.17, 15) is 4.79 Å². The van der Waals surface area contributed by atoms with Crippen molar-refractivity contribution in [2.45, 2.75) is 40.0 Å². The summed E-state index contributed by atoms with van der Waals surface area (Å²) in [5.74, 6) is 2.20. The van der Waals surface area contributed by atoms with Gasteiger partial charge < -0.3 is 9.47 Å². The molecule has 0 fully saturated rings. The van der Waals surface area contributed by atoms with Crippen LogP contribution in [0.5, 0.6) is 0 Å². The lowest BCUT2D eigenvalue weighted by Crippen LogP contribution is -2.20. The predicted molar refractivity (Wildman–Crippen MR) is 74.1 cm³/mol. The number of ether oxygens (including phenoxy) is 2. The second kappa shape index (κ2) is 6.09. The molecule has 104 valence electrons. The fraction of sp³-hybridized carbons (Fsp3) is 0.562. The summed E-state index contributed by atoms with van der Waals surface area (Å²) < 4.78 is 11.0. The monoisotopic (exact) mass is 262 g/mol. The summed E-state index contributed by atoms with van der Waals surface area (Å²) in [7, 11) is 0. The van der Waals surface area contributed by atoms with E-state index in [2.05, 4.69) is 19.9 Å². The topological polar surface area (TPSA) is 35.5 Å². The maximum Gasteiger partial charge on any atom is 0.335 e. The zero-order chi connectivity index (χ0) is 13.8. The molecule has 1 aliphatic carbocycles. The number of carbonyl (C=O) groups excluding carboxylic acids is 1. The van der Waals surface area contributed by atoms with Crippen LogP contribution in [0.4, 0.5) is 0 Å². The van der Waals surface area contributed by atoms with E-state index in [0.717, 1.165) is 36.5 Å². The number of allylic oxidation sites excluding steroid dienone is 3. The van der Waals surface area contributed by atoms with Crippen LogP contribution in [0.1, 0.15) is 40.0 Å². The SMILES string of the molecule is CC1=CC(=O)OC2=CC(OCCCC(C)C)=CCC12. The van der Waals surface area contributed by atoms with E-state index in [1.165, 1.54) is 6.42 Å². The van der Waals surface area contributed by atoms with Crippen LogP contribution in [0.15, 0.2) is 35.3 Å². The van der Waals surface area contributed by atoms with Crippen molar-refractivity contribution < 1.29 is 14.3 Å². The molecule has 1 heterocycles. The number of hydrogen-bond acceptors (Lipinski definition) is 3. The molecule has 0 amide bonds. The van der Waals surface area contributed by atoms with Crippen LogP contribution in [0.25, 0.3) is 0 Å². The van der Waals surface area contributed by atoms with Gasteiger partial charge in [0.2, 0.25) is 0 Å². The van der Waals surface area contributed by atoms with Crippen molar-refractivity contribution in [1.29, 1.82) is 0 Å². The van der Waals surface area contributed by atoms with E-state index in [-0.39, 0.29) is 11.9 Å². The third-order valence-electron chi connectivity index (χ3n) is 3.49. The van der Waals surface area contributed by atoms with Crippen LogP contribution in [0.3, 0.4) is 0 Å². The molecule has 0 N–H and O–H groups in total. The molecule has 1 atom stereocenters. The lowest BCUT2D eigenvalue weighted by Gasteiger charge is -2.26. The Morgan fingerprint density at radius 3 is 2.95 bits per heavy atom. The van der Waals surface area contributed by atoms with Gasteiger partial charge in [0.25, 0.3) is 0 Å². The molecule has 1 aliphatic heterocycles. The zero-order valence-corrected chi connectivity index (χ0v) is 11.9. The Bertz CT molecular complexity index is 441. The molecule has 3 heteroatoms. The maximum absolute atomic E-state index is 11.4. The Hall–Kier alpha value is -1.51. The Kier molecular flexibility index (Phi) is 4.46. The fourth-order valence-electron chi connectivity index (χ4n) is 2.38. The van der Waals surface area contributed by atoms with Crippen molar-refractivity contribution in [1.82, 2.24) is 0 Å². The highest BCUT2D eigenvalue weighted by molar-refractivity contribution is 5.85. The molecule has 19 heavy (non-hydrogen) atoms. The summed E-state index contributed by atoms with van der Waals surface area (Å²) in [6, 6.07) is 0. The summed E-state index contributed by atoms with van der Waals surface area (Å²) in [6.07, 6.45) is 8.59. The number of hydrogen-bond donors (Lipinski definition) is 0. The summed E-state index contributed by atoms with van der Waals surface area (Å²) in [4.78, 5) is 11.4. The molecular formula is C16H22O3. The van der Waals surface area contributed by atoms with E-state index < -0.39 is 0 Å². The summed E-state index contributed by atoms with van der Waals surface area (Å²) in [6.45, 7) is 7.12. The molecule has 2 aliphatic rings. The molecule has 0 radical (unpaired) electrons. The average molecular weight is 262 g/mol. The average Bonchev–Trinajstić information content (AvgIpc) is 2.33. The van der Waals surface area contributed by atoms with Gasteiger partial charge in [0.15, 0.2) is 0 Å². The molecule has 2 rings (SSSR count). The number of carbonyl (C=O) groups is 1. The van der Waals surface area contributed by atoms with Crippen molar-refractivity contribution in [3.05, 3.63) is 35.3 Å². The highest BCUT2D eigenvalue weighted by Crippen LogP contribution is 2.34. The molecular weight excluding hydrogens is 240 g/mol. The van der Waals surface area contributed by atoms with Crippen LogP contribution in [-0.2, 0) is 14.3 Å². The molecule has 0 aromatic carbocycles. The van der Waals surface area contributed by atoms with Gasteiger partial charge in [-0.15, -0.1) is 0 Å². The van der Waals surface area contributed by atoms with Gasteiger partial charge >= 0.3 is 5.97 Å². The minimum absolute atomic E-state index is 0.209. The molecule has 0 aromatic rings. The molecule has 0 bridgehead atoms. The molecule has 0 saturated carbocycles. The first-order valence-corrected chi connectivity index (χ1v) is 7.01. The van der Waals surface area contributed by atoms with Gasteiger partial charge in [-0.1, -0.05) is 19.4 Å². The first-order chi connectivity index (χ1) is 9.06. The predicted octanol–water partition coefficient (Wildman–Crippen LogP) is 3.73. The smallest absolute Gasteiger partial charge is 0.335 e. The van der Waals surface area contributed by atoms with E-state index in [1.54, 1.807) is 6.08 Å². The maximum atomic E-state index is 11.4. The van der Waals surface area contributed by atoms with Crippen molar-refractivity contribution in [3.63, 3.8) is 0 Å². The normalized spacial score (nSPS) is 22.2. The van der Waals surface area contributed by atoms with E-state index in [4.69, 9.17) is 9.47 Å². The van der Waals surface area contributed by atoms with Gasteiger partial charge in [0.05, 0.1) is 6.61 Å². The van der Waals surface area contributed by atoms with Crippen molar-refractivity contribution >= 4 is 5.97 Å². The van der Waals surface area contributed by atoms with Gasteiger partial charge in [-0.25, -0.2) is 4.79 Å². The van der Waals surface area contributed by atoms with Gasteiger partial charge in [-0.3, -0.25) is 0 Å². The summed E-state index contributed by atoms with van der Waals surface area (Å²) in [5.41, 5.74) is 1.07. The molecule has 0 aromatic heterocycles. The molecule has 0 spiro atoms. The van der Waals surface area contributed by atoms with Gasteiger partial charge in [0.1, 0.15) is 11.5 Å². The minimum Gasteiger partial charge on any atom is -0.494 e. The van der Waals surface area contributed by atoms with Gasteiger partial charge in [-0.05, 0) is 38.2 Å². The Morgan fingerprint density at radius 1 is 1.42 bits per heavy atom. The lowest BCUT2D eigenvalue weighted by atomic mass is 9.89. The molecule has 3 nitrogen and oxygen atoms in total. The van der Waals surface area contributed by atoms with E-state index >= 15 is 0 Å². The van der Waals surface area contributed by atoms with Crippen molar-refractivity contribution in [3.8, 4) is 0 Å². The van der Waals surface area contributed by atoms with Crippen LogP contribution in [0, 0.1) is 11.8 Å². The van der Waals surface area contributed by atoms with Crippen LogP contribution in [0.2, 0.25) is 0 Å². The third kappa shape index (κ3) is 3.72. The number of fused-ring (bicyclic) bond motifs is 1. The van der Waals surface area contributed by atoms with Crippen molar-refractivity contribution in [2.24, 2.45) is 11.8 Å². The standard InChI is InChI=1S/C16H22O3/c1-11(2)5-4-8-18-13-6-7-14-12(3)9-16(17)19-15(14)10-13/h6,9-11,14H,4-5,7-8H2,1-3H3. The molecule has 0 saturated heterocycles. The summed E-state index contributed by atoms with van der Waals surface area (Å²) >= 11 is 0. The van der Waals surface area contributed by atoms with Crippen LogP contribution >= 0.6 is 0 Å². The number of rotatable bonds is 5. The Labute approximate surface area is 115 Å². The lowest BCUT2D eigenvalue weighted by molar-refractivity contribution is -0.135. The third-order valence-corrected chi connectivity index (χ3v) is 3.49. The minimum atomic E-state index is -0.277. The quantitative estimate of drug-likeness (QED) is 0.559. The van der Waals surface area contributed by atoms with Crippen LogP contribution in [-0.4, -0.2) is 12.6 Å². The van der Waals surface area contributed by atoms with Crippen LogP contribution < -0.4 is 0 Å². The molecule has 1 unspecified atom stereocenters. The second-order valence-electron chi connectivity index (χ2n) is 5.64. The van der Waals surface area contributed by atoms with Crippen molar-refractivity contribution in [2.75, 3.05) is 6.61 Å². The first-order valence-electron chi connectivity index (χ1n) is 7.01. The van der Waals surface area contributed by atoms with E-state index in [1.807, 2.05) is 13.0 Å². The first kappa shape index (κ1) is 13.9. The Morgan fingerprint density at radius 2 is 2.21 bits per heavy atom. The second-order valence-corrected chi connectivity index (χ2v) is 5.64. The number of esters is 1. The fourth-order valence-corrected chi connectivity index (χ4v) is 2.38. The largest absolute Gasteiger partial charge is 0.494 e. The Balaban J connectivity index is 1.89. The summed E-state index contributed by atoms with van der Waals surface area (Å²) in [5, 5.41) is 0. The highest BCUT2D eigenvalue weighted by Gasteiger charge is 2.27. The highest BCUT2D eigenvalue weighted by atomic mass is 16.5.